The van der Waals surface area contributed by atoms with E-state index in [4.69, 9.17) is 0 Å². The van der Waals surface area contributed by atoms with E-state index >= 15 is 0 Å². The number of nitrogens with one attached hydrogen (secondary N) is 1. The van der Waals surface area contributed by atoms with Crippen molar-refractivity contribution in [1.29, 1.82) is 0 Å². The summed E-state index contributed by atoms with van der Waals surface area (Å²) in [5.41, 5.74) is -1.47. The van der Waals surface area contributed by atoms with E-state index in [1.54, 1.807) is 11.5 Å². The fourth-order valence-corrected chi connectivity index (χ4v) is 3.66. The van der Waals surface area contributed by atoms with Crippen LogP contribution in [-0.4, -0.2) is 34.6 Å². The molecule has 0 aromatic carbocycles. The molecule has 0 bridgehead atoms. The number of imidazole rings is 1. The topological polar surface area (TPSA) is 101 Å². The molecule has 1 saturated carbocycles. The predicted molar refractivity (Wildman–Crippen MR) is 71.7 cm³/mol. The Balaban J connectivity index is 2.32. The maximum Gasteiger partial charge on any atom is 0.324 e. The summed E-state index contributed by atoms with van der Waals surface area (Å²) in [5.74, 6) is -0.740. The van der Waals surface area contributed by atoms with Crippen molar-refractivity contribution in [2.24, 2.45) is 5.92 Å². The number of sulfonamides is 1. The number of nitrogens with zero attached hydrogens (tertiary/aromatic N) is 2. The molecular weight excluding hydrogens is 282 g/mol. The van der Waals surface area contributed by atoms with Gasteiger partial charge in [-0.25, -0.2) is 13.4 Å². The summed E-state index contributed by atoms with van der Waals surface area (Å²) < 4.78 is 28.6. The minimum atomic E-state index is -3.94. The summed E-state index contributed by atoms with van der Waals surface area (Å²) in [7, 11) is -3.94. The Hall–Kier alpha value is -1.41. The van der Waals surface area contributed by atoms with Crippen molar-refractivity contribution in [2.45, 2.75) is 50.7 Å². The number of rotatable bonds is 6. The smallest absolute Gasteiger partial charge is 0.324 e. The molecule has 2 N–H and O–H groups in total. The lowest BCUT2D eigenvalue weighted by Crippen LogP contribution is -2.53. The molecule has 112 valence electrons. The van der Waals surface area contributed by atoms with E-state index in [-0.39, 0.29) is 10.9 Å². The van der Waals surface area contributed by atoms with Gasteiger partial charge in [0.1, 0.15) is 11.4 Å². The van der Waals surface area contributed by atoms with Gasteiger partial charge in [-0.15, -0.1) is 0 Å². The second-order valence-corrected chi connectivity index (χ2v) is 6.93. The summed E-state index contributed by atoms with van der Waals surface area (Å²) in [6.07, 6.45) is 2.86. The third-order valence-electron chi connectivity index (χ3n) is 3.75. The molecule has 1 atom stereocenters. The molecule has 1 unspecified atom stereocenters. The van der Waals surface area contributed by atoms with Gasteiger partial charge in [0.25, 0.3) is 10.0 Å². The summed E-state index contributed by atoms with van der Waals surface area (Å²) in [4.78, 5) is 15.4. The van der Waals surface area contributed by atoms with Gasteiger partial charge in [0.05, 0.1) is 0 Å². The van der Waals surface area contributed by atoms with Crippen LogP contribution in [0.3, 0.4) is 0 Å². The summed E-state index contributed by atoms with van der Waals surface area (Å²) >= 11 is 0. The van der Waals surface area contributed by atoms with Gasteiger partial charge in [0, 0.05) is 12.7 Å². The third kappa shape index (κ3) is 2.57. The Morgan fingerprint density at radius 2 is 2.20 bits per heavy atom. The highest BCUT2D eigenvalue weighted by molar-refractivity contribution is 7.89. The highest BCUT2D eigenvalue weighted by atomic mass is 32.2. The van der Waals surface area contributed by atoms with Crippen molar-refractivity contribution in [1.82, 2.24) is 14.3 Å². The van der Waals surface area contributed by atoms with Gasteiger partial charge < -0.3 is 9.67 Å². The Kier molecular flexibility index (Phi) is 3.64. The van der Waals surface area contributed by atoms with Gasteiger partial charge in [-0.05, 0) is 39.5 Å². The Morgan fingerprint density at radius 1 is 1.60 bits per heavy atom. The second-order valence-electron chi connectivity index (χ2n) is 5.30. The first kappa shape index (κ1) is 15.0. The summed E-state index contributed by atoms with van der Waals surface area (Å²) in [6, 6.07) is 0. The standard InChI is InChI=1S/C12H19N3O4S/c1-4-15-7-10(13-8(15)2)20(18,19)14-12(3,11(16)17)9-5-6-9/h7,9,14H,4-6H2,1-3H3,(H,16,17). The fourth-order valence-electron chi connectivity index (χ4n) is 2.22. The van der Waals surface area contributed by atoms with Gasteiger partial charge in [-0.1, -0.05) is 0 Å². The predicted octanol–water partition coefficient (Wildman–Crippen LogP) is 0.743. The molecule has 7 nitrogen and oxygen atoms in total. The number of aryl methyl sites for hydroxylation is 2. The van der Waals surface area contributed by atoms with Crippen LogP contribution in [0.1, 0.15) is 32.5 Å². The zero-order valence-electron chi connectivity index (χ0n) is 11.8. The lowest BCUT2D eigenvalue weighted by Gasteiger charge is -2.25. The molecule has 0 saturated heterocycles. The highest BCUT2D eigenvalue weighted by Gasteiger charge is 2.50. The van der Waals surface area contributed by atoms with Crippen LogP contribution in [-0.2, 0) is 21.4 Å². The van der Waals surface area contributed by atoms with Crippen molar-refractivity contribution >= 4 is 16.0 Å². The molecule has 0 aliphatic heterocycles. The number of hydrogen-bond acceptors (Lipinski definition) is 4. The van der Waals surface area contributed by atoms with E-state index in [0.717, 1.165) is 0 Å². The molecule has 1 fully saturated rings. The SMILES string of the molecule is CCn1cc(S(=O)(=O)NC(C)(C(=O)O)C2CC2)nc1C. The fraction of sp³-hybridized carbons (Fsp3) is 0.667. The van der Waals surface area contributed by atoms with Crippen molar-refractivity contribution in [3.63, 3.8) is 0 Å². The van der Waals surface area contributed by atoms with E-state index in [1.807, 2.05) is 6.92 Å². The molecule has 1 aromatic rings. The maximum atomic E-state index is 12.3. The van der Waals surface area contributed by atoms with E-state index in [0.29, 0.717) is 25.2 Å². The van der Waals surface area contributed by atoms with Gasteiger partial charge >= 0.3 is 5.97 Å². The highest BCUT2D eigenvalue weighted by Crippen LogP contribution is 2.40. The Morgan fingerprint density at radius 3 is 2.60 bits per heavy atom. The lowest BCUT2D eigenvalue weighted by atomic mass is 9.98. The van der Waals surface area contributed by atoms with Crippen molar-refractivity contribution in [3.8, 4) is 0 Å². The molecule has 1 heterocycles. The Labute approximate surface area is 118 Å². The van der Waals surface area contributed by atoms with Gasteiger partial charge in [0.15, 0.2) is 5.03 Å². The first-order chi connectivity index (χ1) is 9.20. The van der Waals surface area contributed by atoms with Crippen LogP contribution in [0.4, 0.5) is 0 Å². The van der Waals surface area contributed by atoms with E-state index < -0.39 is 21.5 Å². The van der Waals surface area contributed by atoms with Gasteiger partial charge in [-0.2, -0.15) is 4.72 Å². The molecular formula is C12H19N3O4S. The number of carbonyl (C=O) groups is 1. The van der Waals surface area contributed by atoms with Crippen molar-refractivity contribution in [2.75, 3.05) is 0 Å². The average Bonchev–Trinajstić information content (AvgIpc) is 3.12. The number of hydrogen-bond donors (Lipinski definition) is 2. The van der Waals surface area contributed by atoms with Crippen LogP contribution in [0.25, 0.3) is 0 Å². The molecule has 20 heavy (non-hydrogen) atoms. The zero-order valence-corrected chi connectivity index (χ0v) is 12.6. The average molecular weight is 301 g/mol. The van der Waals surface area contributed by atoms with Crippen LogP contribution in [0, 0.1) is 12.8 Å². The van der Waals surface area contributed by atoms with E-state index in [1.165, 1.54) is 13.1 Å². The molecule has 0 spiro atoms. The zero-order chi connectivity index (χ0) is 15.1. The minimum Gasteiger partial charge on any atom is -0.480 e. The molecule has 1 aromatic heterocycles. The number of aliphatic carboxylic acids is 1. The van der Waals surface area contributed by atoms with Crippen molar-refractivity contribution < 1.29 is 18.3 Å². The van der Waals surface area contributed by atoms with E-state index in [2.05, 4.69) is 9.71 Å². The number of aromatic nitrogens is 2. The normalized spacial score (nSPS) is 18.8. The minimum absolute atomic E-state index is 0.134. The van der Waals surface area contributed by atoms with Crippen LogP contribution in [0.2, 0.25) is 0 Å². The van der Waals surface area contributed by atoms with Gasteiger partial charge in [-0.3, -0.25) is 4.79 Å². The summed E-state index contributed by atoms with van der Waals surface area (Å²) in [6.45, 7) is 5.60. The molecule has 0 amide bonds. The molecule has 2 rings (SSSR count). The maximum absolute atomic E-state index is 12.3. The quantitative estimate of drug-likeness (QED) is 0.807. The van der Waals surface area contributed by atoms with Crippen LogP contribution in [0.15, 0.2) is 11.2 Å². The van der Waals surface area contributed by atoms with Gasteiger partial charge in [0.2, 0.25) is 0 Å². The van der Waals surface area contributed by atoms with E-state index in [9.17, 15) is 18.3 Å². The monoisotopic (exact) mass is 301 g/mol. The van der Waals surface area contributed by atoms with Crippen molar-refractivity contribution in [3.05, 3.63) is 12.0 Å². The third-order valence-corrected chi connectivity index (χ3v) is 5.19. The number of carboxylic acids is 1. The summed E-state index contributed by atoms with van der Waals surface area (Å²) in [5, 5.41) is 9.17. The molecule has 1 aliphatic carbocycles. The van der Waals surface area contributed by atoms with Crippen LogP contribution >= 0.6 is 0 Å². The first-order valence-electron chi connectivity index (χ1n) is 6.52. The van der Waals surface area contributed by atoms with Crippen LogP contribution in [0.5, 0.6) is 0 Å². The lowest BCUT2D eigenvalue weighted by molar-refractivity contribution is -0.144. The first-order valence-corrected chi connectivity index (χ1v) is 8.00. The number of carboxylic acid groups (broad SMARTS) is 1. The Bertz CT molecular complexity index is 633. The molecule has 8 heteroatoms. The second kappa shape index (κ2) is 4.85. The molecule has 1 aliphatic rings. The molecule has 0 radical (unpaired) electrons. The largest absolute Gasteiger partial charge is 0.480 e. The van der Waals surface area contributed by atoms with Crippen LogP contribution < -0.4 is 4.72 Å².